The van der Waals surface area contributed by atoms with Crippen LogP contribution in [0.25, 0.3) is 0 Å². The lowest BCUT2D eigenvalue weighted by molar-refractivity contribution is -0.144. The molecule has 4 heteroatoms. The summed E-state index contributed by atoms with van der Waals surface area (Å²) in [7, 11) is 0. The molecule has 0 bridgehead atoms. The molecule has 1 amide bonds. The maximum Gasteiger partial charge on any atom is 0.306 e. The molecule has 1 aromatic rings. The number of amides is 1. The molecule has 1 fully saturated rings. The van der Waals surface area contributed by atoms with Crippen molar-refractivity contribution in [2.45, 2.75) is 32.2 Å². The van der Waals surface area contributed by atoms with Gasteiger partial charge in [-0.3, -0.25) is 9.59 Å². The molecule has 0 unspecified atom stereocenters. The first-order chi connectivity index (χ1) is 9.16. The summed E-state index contributed by atoms with van der Waals surface area (Å²) in [6.07, 6.45) is 2.58. The van der Waals surface area contributed by atoms with Crippen LogP contribution in [0.15, 0.2) is 30.3 Å². The van der Waals surface area contributed by atoms with Gasteiger partial charge in [0.1, 0.15) is 0 Å². The standard InChI is InChI=1S/C15H19NO3/c17-14(16-10-11-4-2-1-3-5-11)12-6-8-13(9-7-12)15(18)19/h1-5,12-13H,6-10H2,(H,16,17)(H,18,19). The van der Waals surface area contributed by atoms with Crippen LogP contribution in [0.3, 0.4) is 0 Å². The molecule has 2 N–H and O–H groups in total. The van der Waals surface area contributed by atoms with Crippen molar-refractivity contribution in [2.24, 2.45) is 11.8 Å². The highest BCUT2D eigenvalue weighted by atomic mass is 16.4. The number of rotatable bonds is 4. The molecule has 1 saturated carbocycles. The lowest BCUT2D eigenvalue weighted by Gasteiger charge is -2.25. The quantitative estimate of drug-likeness (QED) is 0.873. The topological polar surface area (TPSA) is 66.4 Å². The fourth-order valence-electron chi connectivity index (χ4n) is 2.53. The van der Waals surface area contributed by atoms with Crippen LogP contribution in [0.5, 0.6) is 0 Å². The third-order valence-corrected chi connectivity index (χ3v) is 3.76. The Morgan fingerprint density at radius 1 is 1.05 bits per heavy atom. The summed E-state index contributed by atoms with van der Waals surface area (Å²) in [4.78, 5) is 22.8. The van der Waals surface area contributed by atoms with E-state index in [0.717, 1.165) is 5.56 Å². The van der Waals surface area contributed by atoms with Crippen LogP contribution in [0.1, 0.15) is 31.2 Å². The van der Waals surface area contributed by atoms with Gasteiger partial charge in [0.25, 0.3) is 0 Å². The van der Waals surface area contributed by atoms with Crippen LogP contribution < -0.4 is 5.32 Å². The second-order valence-electron chi connectivity index (χ2n) is 5.09. The van der Waals surface area contributed by atoms with E-state index in [1.807, 2.05) is 30.3 Å². The summed E-state index contributed by atoms with van der Waals surface area (Å²) in [6, 6.07) is 9.78. The van der Waals surface area contributed by atoms with Gasteiger partial charge in [-0.15, -0.1) is 0 Å². The zero-order valence-corrected chi connectivity index (χ0v) is 10.8. The summed E-state index contributed by atoms with van der Waals surface area (Å²) in [6.45, 7) is 0.540. The minimum atomic E-state index is -0.733. The minimum absolute atomic E-state index is 0.0284. The van der Waals surface area contributed by atoms with E-state index in [1.54, 1.807) is 0 Å². The Balaban J connectivity index is 1.77. The van der Waals surface area contributed by atoms with Crippen LogP contribution in [-0.2, 0) is 16.1 Å². The number of aliphatic carboxylic acids is 1. The van der Waals surface area contributed by atoms with E-state index in [0.29, 0.717) is 32.2 Å². The highest BCUT2D eigenvalue weighted by Gasteiger charge is 2.29. The Bertz CT molecular complexity index is 436. The van der Waals surface area contributed by atoms with E-state index in [9.17, 15) is 9.59 Å². The van der Waals surface area contributed by atoms with Gasteiger partial charge in [0.2, 0.25) is 5.91 Å². The zero-order valence-electron chi connectivity index (χ0n) is 10.8. The lowest BCUT2D eigenvalue weighted by Crippen LogP contribution is -2.34. The van der Waals surface area contributed by atoms with Gasteiger partial charge >= 0.3 is 5.97 Å². The van der Waals surface area contributed by atoms with Gasteiger partial charge < -0.3 is 10.4 Å². The first-order valence-electron chi connectivity index (χ1n) is 6.71. The fourth-order valence-corrected chi connectivity index (χ4v) is 2.53. The summed E-state index contributed by atoms with van der Waals surface area (Å²) in [5.41, 5.74) is 1.08. The van der Waals surface area contributed by atoms with Gasteiger partial charge in [0.15, 0.2) is 0 Å². The predicted octanol–water partition coefficient (Wildman–Crippen LogP) is 2.19. The molecule has 2 rings (SSSR count). The van der Waals surface area contributed by atoms with Crippen molar-refractivity contribution in [1.82, 2.24) is 5.32 Å². The van der Waals surface area contributed by atoms with Crippen molar-refractivity contribution in [3.8, 4) is 0 Å². The fraction of sp³-hybridized carbons (Fsp3) is 0.467. The van der Waals surface area contributed by atoms with E-state index in [4.69, 9.17) is 5.11 Å². The first-order valence-corrected chi connectivity index (χ1v) is 6.71. The number of hydrogen-bond donors (Lipinski definition) is 2. The molecular weight excluding hydrogens is 242 g/mol. The maximum atomic E-state index is 12.0. The smallest absolute Gasteiger partial charge is 0.306 e. The zero-order chi connectivity index (χ0) is 13.7. The molecule has 102 valence electrons. The molecule has 0 aliphatic heterocycles. The van der Waals surface area contributed by atoms with E-state index in [-0.39, 0.29) is 17.7 Å². The van der Waals surface area contributed by atoms with Crippen molar-refractivity contribution in [2.75, 3.05) is 0 Å². The minimum Gasteiger partial charge on any atom is -0.481 e. The summed E-state index contributed by atoms with van der Waals surface area (Å²) in [5, 5.41) is 11.8. The Kier molecular flexibility index (Phi) is 4.55. The van der Waals surface area contributed by atoms with Gasteiger partial charge in [-0.1, -0.05) is 30.3 Å². The average molecular weight is 261 g/mol. The molecule has 4 nitrogen and oxygen atoms in total. The van der Waals surface area contributed by atoms with Gasteiger partial charge in [-0.2, -0.15) is 0 Å². The van der Waals surface area contributed by atoms with Crippen LogP contribution in [0, 0.1) is 11.8 Å². The van der Waals surface area contributed by atoms with Crippen molar-refractivity contribution in [3.63, 3.8) is 0 Å². The molecule has 0 spiro atoms. The summed E-state index contributed by atoms with van der Waals surface area (Å²) in [5.74, 6) is -0.978. The van der Waals surface area contributed by atoms with Crippen molar-refractivity contribution in [3.05, 3.63) is 35.9 Å². The molecule has 0 aromatic heterocycles. The number of carboxylic acid groups (broad SMARTS) is 1. The van der Waals surface area contributed by atoms with Gasteiger partial charge in [0.05, 0.1) is 5.92 Å². The average Bonchev–Trinajstić information content (AvgIpc) is 2.46. The Hall–Kier alpha value is -1.84. The van der Waals surface area contributed by atoms with E-state index in [2.05, 4.69) is 5.32 Å². The van der Waals surface area contributed by atoms with E-state index < -0.39 is 5.97 Å². The monoisotopic (exact) mass is 261 g/mol. The van der Waals surface area contributed by atoms with Crippen molar-refractivity contribution < 1.29 is 14.7 Å². The molecule has 0 atom stereocenters. The lowest BCUT2D eigenvalue weighted by atomic mass is 9.81. The molecule has 1 aromatic carbocycles. The maximum absolute atomic E-state index is 12.0. The highest BCUT2D eigenvalue weighted by Crippen LogP contribution is 2.29. The van der Waals surface area contributed by atoms with Crippen LogP contribution in [-0.4, -0.2) is 17.0 Å². The van der Waals surface area contributed by atoms with Crippen LogP contribution >= 0.6 is 0 Å². The summed E-state index contributed by atoms with van der Waals surface area (Å²) >= 11 is 0. The van der Waals surface area contributed by atoms with Crippen molar-refractivity contribution in [1.29, 1.82) is 0 Å². The molecule has 1 aliphatic carbocycles. The van der Waals surface area contributed by atoms with Gasteiger partial charge in [-0.25, -0.2) is 0 Å². The number of hydrogen-bond acceptors (Lipinski definition) is 2. The van der Waals surface area contributed by atoms with E-state index in [1.165, 1.54) is 0 Å². The third-order valence-electron chi connectivity index (χ3n) is 3.76. The Morgan fingerprint density at radius 2 is 1.63 bits per heavy atom. The van der Waals surface area contributed by atoms with Gasteiger partial charge in [0, 0.05) is 12.5 Å². The molecule has 19 heavy (non-hydrogen) atoms. The molecule has 1 aliphatic rings. The molecule has 0 heterocycles. The van der Waals surface area contributed by atoms with Gasteiger partial charge in [-0.05, 0) is 31.2 Å². The number of nitrogens with one attached hydrogen (secondary N) is 1. The summed E-state index contributed by atoms with van der Waals surface area (Å²) < 4.78 is 0. The molecule has 0 saturated heterocycles. The second kappa shape index (κ2) is 6.36. The number of carboxylic acids is 1. The highest BCUT2D eigenvalue weighted by molar-refractivity contribution is 5.79. The first kappa shape index (κ1) is 13.6. The second-order valence-corrected chi connectivity index (χ2v) is 5.09. The van der Waals surface area contributed by atoms with E-state index >= 15 is 0 Å². The Morgan fingerprint density at radius 3 is 2.21 bits per heavy atom. The van der Waals surface area contributed by atoms with Crippen LogP contribution in [0.2, 0.25) is 0 Å². The van der Waals surface area contributed by atoms with Crippen molar-refractivity contribution >= 4 is 11.9 Å². The molecular formula is C15H19NO3. The largest absolute Gasteiger partial charge is 0.481 e. The number of benzene rings is 1. The Labute approximate surface area is 112 Å². The number of carbonyl (C=O) groups excluding carboxylic acids is 1. The normalized spacial score (nSPS) is 22.7. The third kappa shape index (κ3) is 3.81. The molecule has 0 radical (unpaired) electrons. The number of carbonyl (C=O) groups is 2. The SMILES string of the molecule is O=C(O)C1CCC(C(=O)NCc2ccccc2)CC1. The predicted molar refractivity (Wildman–Crippen MR) is 71.4 cm³/mol. The van der Waals surface area contributed by atoms with Crippen LogP contribution in [0.4, 0.5) is 0 Å².